The number of non-ortho nitro benzene ring substituents is 1. The number of rotatable bonds is 3. The van der Waals surface area contributed by atoms with E-state index >= 15 is 0 Å². The van der Waals surface area contributed by atoms with E-state index in [2.05, 4.69) is 11.4 Å². The van der Waals surface area contributed by atoms with E-state index in [1.807, 2.05) is 12.1 Å². The Hall–Kier alpha value is -2.56. The van der Waals surface area contributed by atoms with Crippen molar-refractivity contribution < 1.29 is 4.92 Å². The SMILES string of the molecule is Nc1cc([N+](=O)[O-])ccc1Nc1cc[c]cc1. The second-order valence-electron chi connectivity index (χ2n) is 3.44. The summed E-state index contributed by atoms with van der Waals surface area (Å²) in [6.07, 6.45) is 0. The lowest BCUT2D eigenvalue weighted by molar-refractivity contribution is -0.384. The molecule has 2 rings (SSSR count). The molecule has 0 atom stereocenters. The van der Waals surface area contributed by atoms with Crippen LogP contribution < -0.4 is 11.1 Å². The van der Waals surface area contributed by atoms with Crippen LogP contribution in [0.15, 0.2) is 42.5 Å². The topological polar surface area (TPSA) is 81.2 Å². The molecule has 0 spiro atoms. The molecule has 0 saturated carbocycles. The second kappa shape index (κ2) is 4.52. The lowest BCUT2D eigenvalue weighted by Crippen LogP contribution is -1.97. The molecule has 0 amide bonds. The van der Waals surface area contributed by atoms with E-state index in [9.17, 15) is 10.1 Å². The summed E-state index contributed by atoms with van der Waals surface area (Å²) in [5.41, 5.74) is 7.54. The van der Waals surface area contributed by atoms with Crippen LogP contribution in [-0.2, 0) is 0 Å². The second-order valence-corrected chi connectivity index (χ2v) is 3.44. The molecule has 17 heavy (non-hydrogen) atoms. The Morgan fingerprint density at radius 2 is 1.94 bits per heavy atom. The van der Waals surface area contributed by atoms with Crippen LogP contribution in [0.2, 0.25) is 0 Å². The van der Waals surface area contributed by atoms with Gasteiger partial charge >= 0.3 is 0 Å². The molecule has 0 bridgehead atoms. The van der Waals surface area contributed by atoms with Crippen molar-refractivity contribution in [3.05, 3.63) is 58.6 Å². The van der Waals surface area contributed by atoms with Gasteiger partial charge in [-0.3, -0.25) is 10.1 Å². The Morgan fingerprint density at radius 1 is 1.24 bits per heavy atom. The molecule has 0 aliphatic heterocycles. The molecule has 0 unspecified atom stereocenters. The first-order valence-electron chi connectivity index (χ1n) is 4.94. The molecule has 1 radical (unpaired) electrons. The minimum atomic E-state index is -0.475. The summed E-state index contributed by atoms with van der Waals surface area (Å²) in [6.45, 7) is 0. The van der Waals surface area contributed by atoms with Crippen molar-refractivity contribution in [2.24, 2.45) is 0 Å². The van der Waals surface area contributed by atoms with Crippen molar-refractivity contribution >= 4 is 22.7 Å². The molecule has 2 aromatic rings. The fourth-order valence-electron chi connectivity index (χ4n) is 1.40. The number of hydrogen-bond acceptors (Lipinski definition) is 4. The number of hydrogen-bond donors (Lipinski definition) is 2. The molecule has 5 heteroatoms. The van der Waals surface area contributed by atoms with Crippen molar-refractivity contribution in [2.75, 3.05) is 11.1 Å². The highest BCUT2D eigenvalue weighted by atomic mass is 16.6. The van der Waals surface area contributed by atoms with Crippen molar-refractivity contribution in [2.45, 2.75) is 0 Å². The van der Waals surface area contributed by atoms with Crippen molar-refractivity contribution in [1.29, 1.82) is 0 Å². The zero-order valence-corrected chi connectivity index (χ0v) is 8.88. The summed E-state index contributed by atoms with van der Waals surface area (Å²) in [7, 11) is 0. The predicted octanol–water partition coefficient (Wildman–Crippen LogP) is 2.72. The number of anilines is 3. The Kier molecular flexibility index (Phi) is 2.91. The number of nitrogen functional groups attached to an aromatic ring is 1. The Morgan fingerprint density at radius 3 is 2.53 bits per heavy atom. The van der Waals surface area contributed by atoms with E-state index in [4.69, 9.17) is 5.73 Å². The molecule has 0 aliphatic rings. The number of benzene rings is 2. The molecule has 3 N–H and O–H groups in total. The Labute approximate surface area is 98.0 Å². The molecule has 0 aromatic heterocycles. The largest absolute Gasteiger partial charge is 0.397 e. The molecule has 5 nitrogen and oxygen atoms in total. The summed E-state index contributed by atoms with van der Waals surface area (Å²) >= 11 is 0. The Bertz CT molecular complexity index is 541. The fourth-order valence-corrected chi connectivity index (χ4v) is 1.40. The number of nitrogens with two attached hydrogens (primary N) is 1. The van der Waals surface area contributed by atoms with Gasteiger partial charge in [0.05, 0.1) is 16.3 Å². The smallest absolute Gasteiger partial charge is 0.271 e. The summed E-state index contributed by atoms with van der Waals surface area (Å²) < 4.78 is 0. The van der Waals surface area contributed by atoms with Crippen LogP contribution in [0.25, 0.3) is 0 Å². The van der Waals surface area contributed by atoms with Gasteiger partial charge in [-0.05, 0) is 24.3 Å². The van der Waals surface area contributed by atoms with Crippen LogP contribution in [-0.4, -0.2) is 4.92 Å². The highest BCUT2D eigenvalue weighted by Crippen LogP contribution is 2.26. The first-order chi connectivity index (χ1) is 8.16. The van der Waals surface area contributed by atoms with Crippen LogP contribution >= 0.6 is 0 Å². The average Bonchev–Trinajstić information content (AvgIpc) is 2.33. The van der Waals surface area contributed by atoms with E-state index in [0.717, 1.165) is 5.69 Å². The number of nitrogens with zero attached hydrogens (tertiary/aromatic N) is 1. The van der Waals surface area contributed by atoms with Gasteiger partial charge in [-0.15, -0.1) is 0 Å². The zero-order valence-electron chi connectivity index (χ0n) is 8.88. The maximum Gasteiger partial charge on any atom is 0.271 e. The maximum absolute atomic E-state index is 10.5. The summed E-state index contributed by atoms with van der Waals surface area (Å²) in [6, 6.07) is 14.4. The minimum Gasteiger partial charge on any atom is -0.397 e. The maximum atomic E-state index is 10.5. The molecule has 0 heterocycles. The van der Waals surface area contributed by atoms with Gasteiger partial charge in [-0.1, -0.05) is 12.1 Å². The van der Waals surface area contributed by atoms with E-state index in [1.165, 1.54) is 12.1 Å². The normalized spacial score (nSPS) is 9.88. The van der Waals surface area contributed by atoms with Gasteiger partial charge in [0.25, 0.3) is 5.69 Å². The van der Waals surface area contributed by atoms with Gasteiger partial charge in [0, 0.05) is 17.8 Å². The van der Waals surface area contributed by atoms with E-state index in [-0.39, 0.29) is 5.69 Å². The minimum absolute atomic E-state index is 0.0190. The number of nitro groups is 1. The number of nitrogens with one attached hydrogen (secondary N) is 1. The molecular formula is C12H10N3O2. The van der Waals surface area contributed by atoms with Crippen LogP contribution in [0.5, 0.6) is 0 Å². The molecule has 85 valence electrons. The van der Waals surface area contributed by atoms with Crippen LogP contribution in [0.1, 0.15) is 0 Å². The molecule has 2 aromatic carbocycles. The van der Waals surface area contributed by atoms with E-state index < -0.39 is 4.92 Å². The van der Waals surface area contributed by atoms with Crippen LogP contribution in [0, 0.1) is 16.2 Å². The summed E-state index contributed by atoms with van der Waals surface area (Å²) in [4.78, 5) is 10.1. The first kappa shape index (κ1) is 10.9. The number of nitro benzene ring substituents is 1. The third-order valence-corrected chi connectivity index (χ3v) is 2.24. The van der Waals surface area contributed by atoms with E-state index in [1.54, 1.807) is 18.2 Å². The Balaban J connectivity index is 2.26. The van der Waals surface area contributed by atoms with Crippen molar-refractivity contribution in [3.63, 3.8) is 0 Å². The van der Waals surface area contributed by atoms with Gasteiger partial charge in [-0.2, -0.15) is 0 Å². The van der Waals surface area contributed by atoms with Gasteiger partial charge in [0.15, 0.2) is 0 Å². The third-order valence-electron chi connectivity index (χ3n) is 2.24. The quantitative estimate of drug-likeness (QED) is 0.480. The molecule has 0 saturated heterocycles. The zero-order chi connectivity index (χ0) is 12.3. The van der Waals surface area contributed by atoms with Gasteiger partial charge in [-0.25, -0.2) is 0 Å². The van der Waals surface area contributed by atoms with Gasteiger partial charge in [0.1, 0.15) is 0 Å². The van der Waals surface area contributed by atoms with Gasteiger partial charge in [0.2, 0.25) is 0 Å². The lowest BCUT2D eigenvalue weighted by Gasteiger charge is -2.08. The molecule has 0 fully saturated rings. The van der Waals surface area contributed by atoms with Crippen molar-refractivity contribution in [1.82, 2.24) is 0 Å². The van der Waals surface area contributed by atoms with Gasteiger partial charge < -0.3 is 11.1 Å². The predicted molar refractivity (Wildman–Crippen MR) is 66.1 cm³/mol. The fraction of sp³-hybridized carbons (Fsp3) is 0. The van der Waals surface area contributed by atoms with Crippen molar-refractivity contribution in [3.8, 4) is 0 Å². The lowest BCUT2D eigenvalue weighted by atomic mass is 10.2. The molecule has 0 aliphatic carbocycles. The summed E-state index contributed by atoms with van der Waals surface area (Å²) in [5.74, 6) is 0. The summed E-state index contributed by atoms with van der Waals surface area (Å²) in [5, 5.41) is 13.6. The van der Waals surface area contributed by atoms with E-state index in [0.29, 0.717) is 11.4 Å². The van der Waals surface area contributed by atoms with Crippen LogP contribution in [0.3, 0.4) is 0 Å². The highest BCUT2D eigenvalue weighted by molar-refractivity contribution is 5.74. The highest BCUT2D eigenvalue weighted by Gasteiger charge is 2.08. The monoisotopic (exact) mass is 228 g/mol. The first-order valence-corrected chi connectivity index (χ1v) is 4.94. The molecular weight excluding hydrogens is 218 g/mol. The average molecular weight is 228 g/mol. The third kappa shape index (κ3) is 2.52. The van der Waals surface area contributed by atoms with Crippen LogP contribution in [0.4, 0.5) is 22.7 Å². The standard InChI is InChI=1S/C12H10N3O2/c13-11-8-10(15(16)17)6-7-12(11)14-9-4-2-1-3-5-9/h2-8,14H,13H2.